The molecule has 0 aliphatic carbocycles. The standard InChI is InChI=1S/C20H30N4O2/c1-3-10-18(25)24(14-9-5-4-8-13-21)15(2)19-22-17-12-7-6-11-16(17)20(26)23-19/h6-7,11-12,15H,3-5,8-10,13-14,21H2,1-2H3,(H,22,23,26). The van der Waals surface area contributed by atoms with Gasteiger partial charge in [0.05, 0.1) is 16.9 Å². The molecule has 2 aromatic rings. The van der Waals surface area contributed by atoms with Crippen LogP contribution < -0.4 is 11.3 Å². The molecule has 1 aromatic heterocycles. The smallest absolute Gasteiger partial charge is 0.258 e. The second kappa shape index (κ2) is 10.1. The number of aromatic nitrogens is 2. The van der Waals surface area contributed by atoms with Gasteiger partial charge in [0.1, 0.15) is 5.82 Å². The first-order chi connectivity index (χ1) is 12.6. The van der Waals surface area contributed by atoms with Gasteiger partial charge >= 0.3 is 0 Å². The highest BCUT2D eigenvalue weighted by atomic mass is 16.2. The maximum atomic E-state index is 12.6. The van der Waals surface area contributed by atoms with Gasteiger partial charge in [-0.15, -0.1) is 0 Å². The van der Waals surface area contributed by atoms with Crippen LogP contribution in [0.2, 0.25) is 0 Å². The van der Waals surface area contributed by atoms with E-state index in [4.69, 9.17) is 5.73 Å². The lowest BCUT2D eigenvalue weighted by molar-refractivity contribution is -0.133. The van der Waals surface area contributed by atoms with Crippen LogP contribution in [0.4, 0.5) is 0 Å². The predicted molar refractivity (Wildman–Crippen MR) is 105 cm³/mol. The number of aromatic amines is 1. The number of unbranched alkanes of at least 4 members (excludes halogenated alkanes) is 3. The number of nitrogens with two attached hydrogens (primary N) is 1. The molecule has 26 heavy (non-hydrogen) atoms. The molecule has 1 aromatic carbocycles. The van der Waals surface area contributed by atoms with Crippen molar-refractivity contribution in [3.63, 3.8) is 0 Å². The summed E-state index contributed by atoms with van der Waals surface area (Å²) in [5, 5.41) is 0.566. The van der Waals surface area contributed by atoms with Crippen LogP contribution in [-0.4, -0.2) is 33.9 Å². The number of hydrogen-bond acceptors (Lipinski definition) is 4. The fraction of sp³-hybridized carbons (Fsp3) is 0.550. The molecule has 0 aliphatic rings. The van der Waals surface area contributed by atoms with E-state index in [1.54, 1.807) is 6.07 Å². The van der Waals surface area contributed by atoms with Crippen LogP contribution in [0.3, 0.4) is 0 Å². The zero-order valence-electron chi connectivity index (χ0n) is 15.8. The van der Waals surface area contributed by atoms with E-state index in [0.717, 1.165) is 32.1 Å². The van der Waals surface area contributed by atoms with E-state index in [1.165, 1.54) is 0 Å². The second-order valence-corrected chi connectivity index (χ2v) is 6.68. The van der Waals surface area contributed by atoms with Crippen LogP contribution >= 0.6 is 0 Å². The molecule has 0 bridgehead atoms. The summed E-state index contributed by atoms with van der Waals surface area (Å²) < 4.78 is 0. The van der Waals surface area contributed by atoms with E-state index in [9.17, 15) is 9.59 Å². The van der Waals surface area contributed by atoms with Crippen LogP contribution in [0.1, 0.15) is 64.2 Å². The molecule has 0 fully saturated rings. The third kappa shape index (κ3) is 5.14. The van der Waals surface area contributed by atoms with Gasteiger partial charge in [-0.3, -0.25) is 9.59 Å². The van der Waals surface area contributed by atoms with Crippen molar-refractivity contribution in [1.29, 1.82) is 0 Å². The minimum absolute atomic E-state index is 0.106. The Hall–Kier alpha value is -2.21. The second-order valence-electron chi connectivity index (χ2n) is 6.68. The summed E-state index contributed by atoms with van der Waals surface area (Å²) in [5.41, 5.74) is 6.03. The third-order valence-corrected chi connectivity index (χ3v) is 4.63. The number of H-pyrrole nitrogens is 1. The van der Waals surface area contributed by atoms with E-state index >= 15 is 0 Å². The predicted octanol–water partition coefficient (Wildman–Crippen LogP) is 3.13. The third-order valence-electron chi connectivity index (χ3n) is 4.63. The minimum atomic E-state index is -0.263. The van der Waals surface area contributed by atoms with Crippen molar-refractivity contribution in [1.82, 2.24) is 14.9 Å². The number of nitrogens with zero attached hydrogens (tertiary/aromatic N) is 2. The van der Waals surface area contributed by atoms with Gasteiger partial charge in [-0.05, 0) is 44.9 Å². The van der Waals surface area contributed by atoms with Gasteiger partial charge in [0, 0.05) is 13.0 Å². The highest BCUT2D eigenvalue weighted by molar-refractivity contribution is 5.78. The summed E-state index contributed by atoms with van der Waals surface area (Å²) in [6.45, 7) is 5.30. The van der Waals surface area contributed by atoms with E-state index < -0.39 is 0 Å². The van der Waals surface area contributed by atoms with Gasteiger partial charge in [-0.2, -0.15) is 0 Å². The van der Waals surface area contributed by atoms with Gasteiger partial charge < -0.3 is 15.6 Å². The van der Waals surface area contributed by atoms with Crippen LogP contribution in [0, 0.1) is 0 Å². The molecule has 1 heterocycles. The molecule has 3 N–H and O–H groups in total. The summed E-state index contributed by atoms with van der Waals surface area (Å²) in [4.78, 5) is 34.3. The van der Waals surface area contributed by atoms with Gasteiger partial charge in [0.2, 0.25) is 5.91 Å². The molecule has 6 nitrogen and oxygen atoms in total. The number of nitrogens with one attached hydrogen (secondary N) is 1. The fourth-order valence-electron chi connectivity index (χ4n) is 3.12. The van der Waals surface area contributed by atoms with Crippen molar-refractivity contribution in [2.45, 2.75) is 58.4 Å². The summed E-state index contributed by atoms with van der Waals surface area (Å²) >= 11 is 0. The Morgan fingerprint density at radius 2 is 1.96 bits per heavy atom. The fourth-order valence-corrected chi connectivity index (χ4v) is 3.12. The Balaban J connectivity index is 2.20. The molecular formula is C20H30N4O2. The van der Waals surface area contributed by atoms with E-state index in [2.05, 4.69) is 9.97 Å². The number of carbonyl (C=O) groups is 1. The number of fused-ring (bicyclic) bond motifs is 1. The number of benzene rings is 1. The Morgan fingerprint density at radius 3 is 2.69 bits per heavy atom. The molecule has 1 amide bonds. The maximum absolute atomic E-state index is 12.6. The van der Waals surface area contributed by atoms with Gasteiger partial charge in [-0.1, -0.05) is 31.9 Å². The Bertz CT molecular complexity index is 772. The lowest BCUT2D eigenvalue weighted by Crippen LogP contribution is -2.36. The average Bonchev–Trinajstić information content (AvgIpc) is 2.64. The summed E-state index contributed by atoms with van der Waals surface area (Å²) in [5.74, 6) is 0.648. The summed E-state index contributed by atoms with van der Waals surface area (Å²) in [7, 11) is 0. The number of para-hydroxylation sites is 1. The van der Waals surface area contributed by atoms with Gasteiger partial charge in [0.25, 0.3) is 5.56 Å². The van der Waals surface area contributed by atoms with Crippen molar-refractivity contribution in [3.05, 3.63) is 40.4 Å². The van der Waals surface area contributed by atoms with Crippen molar-refractivity contribution in [3.8, 4) is 0 Å². The molecule has 0 saturated heterocycles. The molecule has 0 aliphatic heterocycles. The van der Waals surface area contributed by atoms with Gasteiger partial charge in [0.15, 0.2) is 0 Å². The molecular weight excluding hydrogens is 328 g/mol. The van der Waals surface area contributed by atoms with Crippen LogP contribution in [0.5, 0.6) is 0 Å². The monoisotopic (exact) mass is 358 g/mol. The number of rotatable bonds is 10. The molecule has 0 saturated carbocycles. The average molecular weight is 358 g/mol. The Morgan fingerprint density at radius 1 is 1.23 bits per heavy atom. The van der Waals surface area contributed by atoms with Gasteiger partial charge in [-0.25, -0.2) is 4.98 Å². The van der Waals surface area contributed by atoms with Crippen LogP contribution in [0.25, 0.3) is 10.9 Å². The largest absolute Gasteiger partial charge is 0.333 e. The quantitative estimate of drug-likeness (QED) is 0.638. The molecule has 2 rings (SSSR count). The van der Waals surface area contributed by atoms with E-state index in [-0.39, 0.29) is 17.5 Å². The maximum Gasteiger partial charge on any atom is 0.258 e. The molecule has 0 radical (unpaired) electrons. The molecule has 0 spiro atoms. The molecule has 6 heteroatoms. The first-order valence-electron chi connectivity index (χ1n) is 9.57. The lowest BCUT2D eigenvalue weighted by Gasteiger charge is -2.29. The van der Waals surface area contributed by atoms with Crippen molar-refractivity contribution in [2.24, 2.45) is 5.73 Å². The molecule has 1 atom stereocenters. The number of carbonyl (C=O) groups excluding carboxylic acids is 1. The zero-order chi connectivity index (χ0) is 18.9. The first-order valence-corrected chi connectivity index (χ1v) is 9.57. The molecule has 1 unspecified atom stereocenters. The van der Waals surface area contributed by atoms with E-state index in [0.29, 0.717) is 36.2 Å². The van der Waals surface area contributed by atoms with Crippen molar-refractivity contribution < 1.29 is 4.79 Å². The highest BCUT2D eigenvalue weighted by Crippen LogP contribution is 2.20. The van der Waals surface area contributed by atoms with Crippen molar-refractivity contribution >= 4 is 16.8 Å². The minimum Gasteiger partial charge on any atom is -0.333 e. The first kappa shape index (κ1) is 20.1. The van der Waals surface area contributed by atoms with Crippen LogP contribution in [-0.2, 0) is 4.79 Å². The summed E-state index contributed by atoms with van der Waals surface area (Å²) in [6.07, 6.45) is 5.37. The number of hydrogen-bond donors (Lipinski definition) is 2. The van der Waals surface area contributed by atoms with Crippen LogP contribution in [0.15, 0.2) is 29.1 Å². The summed E-state index contributed by atoms with van der Waals surface area (Å²) in [6, 6.07) is 7.00. The Labute approximate surface area is 154 Å². The lowest BCUT2D eigenvalue weighted by atomic mass is 10.1. The normalized spacial score (nSPS) is 12.3. The molecule has 142 valence electrons. The topological polar surface area (TPSA) is 92.1 Å². The Kier molecular flexibility index (Phi) is 7.78. The highest BCUT2D eigenvalue weighted by Gasteiger charge is 2.22. The van der Waals surface area contributed by atoms with E-state index in [1.807, 2.05) is 36.9 Å². The van der Waals surface area contributed by atoms with Crippen molar-refractivity contribution in [2.75, 3.05) is 13.1 Å². The SMILES string of the molecule is CCCC(=O)N(CCCCCCN)C(C)c1nc2ccccc2c(=O)[nH]1. The number of amides is 1. The zero-order valence-corrected chi connectivity index (χ0v) is 15.8.